The lowest BCUT2D eigenvalue weighted by atomic mass is 10.0. The number of benzene rings is 2. The van der Waals surface area contributed by atoms with Crippen molar-refractivity contribution in [2.45, 2.75) is 25.6 Å². The summed E-state index contributed by atoms with van der Waals surface area (Å²) in [5.74, 6) is 0.590. The Morgan fingerprint density at radius 3 is 2.20 bits per heavy atom. The molecule has 1 aliphatic heterocycles. The van der Waals surface area contributed by atoms with Crippen molar-refractivity contribution in [3.8, 4) is 0 Å². The quantitative estimate of drug-likeness (QED) is 0.742. The van der Waals surface area contributed by atoms with Gasteiger partial charge in [0.25, 0.3) is 0 Å². The Balaban J connectivity index is 1.83. The number of anilines is 1. The minimum Gasteiger partial charge on any atom is -0.371 e. The summed E-state index contributed by atoms with van der Waals surface area (Å²) in [5, 5.41) is 0. The normalized spacial score (nSPS) is 14.8. The lowest BCUT2D eigenvalue weighted by Gasteiger charge is -2.25. The molecule has 20 heavy (non-hydrogen) atoms. The second kappa shape index (κ2) is 5.88. The Kier molecular flexibility index (Phi) is 3.98. The highest BCUT2D eigenvalue weighted by molar-refractivity contribution is 6.17. The van der Waals surface area contributed by atoms with Gasteiger partial charge in [-0.2, -0.15) is 0 Å². The zero-order chi connectivity index (χ0) is 13.9. The largest absolute Gasteiger partial charge is 0.371 e. The summed E-state index contributed by atoms with van der Waals surface area (Å²) in [5.41, 5.74) is 6.89. The molecule has 0 amide bonds. The minimum absolute atomic E-state index is 0.590. The van der Waals surface area contributed by atoms with Crippen LogP contribution in [0.1, 0.15) is 22.3 Å². The van der Waals surface area contributed by atoms with Crippen molar-refractivity contribution in [3.05, 3.63) is 64.7 Å². The van der Waals surface area contributed by atoms with Gasteiger partial charge in [0, 0.05) is 24.7 Å². The molecule has 0 aromatic heterocycles. The van der Waals surface area contributed by atoms with Crippen molar-refractivity contribution >= 4 is 17.3 Å². The average Bonchev–Trinajstić information content (AvgIpc) is 2.70. The van der Waals surface area contributed by atoms with Crippen LogP contribution < -0.4 is 4.90 Å². The molecule has 0 atom stereocenters. The number of alkyl halides is 1. The van der Waals surface area contributed by atoms with Crippen molar-refractivity contribution in [3.63, 3.8) is 0 Å². The molecule has 104 valence electrons. The van der Waals surface area contributed by atoms with Crippen LogP contribution in [-0.4, -0.2) is 13.1 Å². The Bertz CT molecular complexity index is 579. The van der Waals surface area contributed by atoms with E-state index in [4.69, 9.17) is 11.6 Å². The van der Waals surface area contributed by atoms with E-state index in [2.05, 4.69) is 54.3 Å². The molecular formula is C18H20ClN. The Morgan fingerprint density at radius 2 is 1.65 bits per heavy atom. The van der Waals surface area contributed by atoms with Crippen LogP contribution >= 0.6 is 11.6 Å². The van der Waals surface area contributed by atoms with E-state index in [1.165, 1.54) is 27.9 Å². The smallest absolute Gasteiger partial charge is 0.0474 e. The van der Waals surface area contributed by atoms with Crippen LogP contribution in [0.2, 0.25) is 0 Å². The average molecular weight is 286 g/mol. The zero-order valence-electron chi connectivity index (χ0n) is 11.9. The molecule has 0 fully saturated rings. The Hall–Kier alpha value is -1.47. The molecule has 1 aliphatic rings. The molecule has 0 radical (unpaired) electrons. The summed E-state index contributed by atoms with van der Waals surface area (Å²) >= 11 is 5.91. The second-order valence-electron chi connectivity index (χ2n) is 5.51. The fourth-order valence-electron chi connectivity index (χ4n) is 3.06. The van der Waals surface area contributed by atoms with Gasteiger partial charge in [0.2, 0.25) is 0 Å². The number of rotatable bonds is 2. The third-order valence-electron chi connectivity index (χ3n) is 4.18. The molecule has 1 nitrogen and oxygen atoms in total. The monoisotopic (exact) mass is 285 g/mol. The van der Waals surface area contributed by atoms with Gasteiger partial charge in [-0.1, -0.05) is 36.4 Å². The fourth-order valence-corrected chi connectivity index (χ4v) is 3.23. The maximum atomic E-state index is 5.91. The summed E-state index contributed by atoms with van der Waals surface area (Å²) in [7, 11) is 0. The lowest BCUT2D eigenvalue weighted by molar-refractivity contribution is 0.802. The first-order valence-electron chi connectivity index (χ1n) is 7.25. The van der Waals surface area contributed by atoms with Crippen LogP contribution in [0.5, 0.6) is 0 Å². The van der Waals surface area contributed by atoms with Gasteiger partial charge in [0.15, 0.2) is 0 Å². The second-order valence-corrected chi connectivity index (χ2v) is 5.78. The summed E-state index contributed by atoms with van der Waals surface area (Å²) in [4.78, 5) is 2.51. The van der Waals surface area contributed by atoms with Crippen LogP contribution in [0.15, 0.2) is 42.5 Å². The van der Waals surface area contributed by atoms with Gasteiger partial charge in [-0.25, -0.2) is 0 Å². The van der Waals surface area contributed by atoms with Crippen LogP contribution in [-0.2, 0) is 18.7 Å². The number of halogens is 1. The molecule has 0 saturated carbocycles. The van der Waals surface area contributed by atoms with Crippen molar-refractivity contribution in [2.24, 2.45) is 0 Å². The number of nitrogens with zero attached hydrogens (tertiary/aromatic N) is 1. The first kappa shape index (κ1) is 13.5. The van der Waals surface area contributed by atoms with Crippen molar-refractivity contribution in [1.82, 2.24) is 0 Å². The number of hydrogen-bond acceptors (Lipinski definition) is 1. The first-order valence-corrected chi connectivity index (χ1v) is 7.78. The van der Waals surface area contributed by atoms with E-state index in [-0.39, 0.29) is 0 Å². The highest BCUT2D eigenvalue weighted by atomic mass is 35.5. The molecule has 0 unspecified atom stereocenters. The predicted molar refractivity (Wildman–Crippen MR) is 86.8 cm³/mol. The van der Waals surface area contributed by atoms with Crippen molar-refractivity contribution < 1.29 is 0 Å². The molecule has 2 aromatic carbocycles. The van der Waals surface area contributed by atoms with Gasteiger partial charge in [-0.05, 0) is 48.1 Å². The molecule has 0 saturated heterocycles. The minimum atomic E-state index is 0.590. The molecular weight excluding hydrogens is 266 g/mol. The van der Waals surface area contributed by atoms with Crippen LogP contribution in [0, 0.1) is 6.92 Å². The van der Waals surface area contributed by atoms with E-state index in [9.17, 15) is 0 Å². The van der Waals surface area contributed by atoms with E-state index in [1.54, 1.807) is 0 Å². The van der Waals surface area contributed by atoms with Crippen molar-refractivity contribution in [1.29, 1.82) is 0 Å². The van der Waals surface area contributed by atoms with Gasteiger partial charge in [-0.3, -0.25) is 0 Å². The molecule has 0 aliphatic carbocycles. The lowest BCUT2D eigenvalue weighted by Crippen LogP contribution is -2.26. The Labute approximate surface area is 126 Å². The van der Waals surface area contributed by atoms with Gasteiger partial charge in [0.1, 0.15) is 0 Å². The third-order valence-corrected chi connectivity index (χ3v) is 4.49. The summed E-state index contributed by atoms with van der Waals surface area (Å²) in [6.45, 7) is 4.37. The molecule has 1 heterocycles. The van der Waals surface area contributed by atoms with Gasteiger partial charge in [0.05, 0.1) is 0 Å². The molecule has 2 aromatic rings. The fraction of sp³-hybridized carbons (Fsp3) is 0.333. The van der Waals surface area contributed by atoms with E-state index >= 15 is 0 Å². The number of fused-ring (bicyclic) bond motifs is 1. The number of aryl methyl sites for hydroxylation is 1. The Morgan fingerprint density at radius 1 is 1.00 bits per heavy atom. The van der Waals surface area contributed by atoms with Gasteiger partial charge in [-0.15, -0.1) is 11.6 Å². The van der Waals surface area contributed by atoms with Crippen LogP contribution in [0.3, 0.4) is 0 Å². The summed E-state index contributed by atoms with van der Waals surface area (Å²) in [6.07, 6.45) is 2.26. The standard InChI is InChI=1S/C18H20ClN/c1-14-12-15(13-19)6-7-18(14)20-10-8-16-4-2-3-5-17(16)9-11-20/h2-7,12H,8-11,13H2,1H3. The highest BCUT2D eigenvalue weighted by Gasteiger charge is 2.15. The summed E-state index contributed by atoms with van der Waals surface area (Å²) < 4.78 is 0. The van der Waals surface area contributed by atoms with Gasteiger partial charge < -0.3 is 4.90 Å². The molecule has 2 heteroatoms. The van der Waals surface area contributed by atoms with E-state index in [1.807, 2.05) is 0 Å². The predicted octanol–water partition coefficient (Wildman–Crippen LogP) is 4.34. The maximum Gasteiger partial charge on any atom is 0.0474 e. The first-order chi connectivity index (χ1) is 9.78. The molecule has 3 rings (SSSR count). The topological polar surface area (TPSA) is 3.24 Å². The van der Waals surface area contributed by atoms with Crippen LogP contribution in [0.4, 0.5) is 5.69 Å². The van der Waals surface area contributed by atoms with E-state index in [0.717, 1.165) is 25.9 Å². The van der Waals surface area contributed by atoms with Gasteiger partial charge >= 0.3 is 0 Å². The molecule has 0 N–H and O–H groups in total. The number of hydrogen-bond donors (Lipinski definition) is 0. The molecule has 0 spiro atoms. The third kappa shape index (κ3) is 2.69. The zero-order valence-corrected chi connectivity index (χ0v) is 12.7. The van der Waals surface area contributed by atoms with E-state index < -0.39 is 0 Å². The highest BCUT2D eigenvalue weighted by Crippen LogP contribution is 2.25. The SMILES string of the molecule is Cc1cc(CCl)ccc1N1CCc2ccccc2CC1. The molecule has 0 bridgehead atoms. The van der Waals surface area contributed by atoms with Crippen molar-refractivity contribution in [2.75, 3.05) is 18.0 Å². The summed E-state index contributed by atoms with van der Waals surface area (Å²) in [6, 6.07) is 15.4. The van der Waals surface area contributed by atoms with Crippen LogP contribution in [0.25, 0.3) is 0 Å². The maximum absolute atomic E-state index is 5.91. The van der Waals surface area contributed by atoms with E-state index in [0.29, 0.717) is 5.88 Å².